The summed E-state index contributed by atoms with van der Waals surface area (Å²) in [5, 5.41) is 1.98. The molecule has 3 nitrogen and oxygen atoms in total. The zero-order valence-electron chi connectivity index (χ0n) is 8.55. The Morgan fingerprint density at radius 3 is 2.75 bits per heavy atom. The smallest absolute Gasteiger partial charge is 0.252 e. The SMILES string of the molecule is NC(=O)c1ccccc1OCc1cccs1. The topological polar surface area (TPSA) is 52.3 Å². The van der Waals surface area contributed by atoms with Crippen molar-refractivity contribution in [1.29, 1.82) is 0 Å². The van der Waals surface area contributed by atoms with Crippen molar-refractivity contribution in [3.63, 3.8) is 0 Å². The fourth-order valence-electron chi connectivity index (χ4n) is 1.34. The zero-order valence-corrected chi connectivity index (χ0v) is 9.37. The van der Waals surface area contributed by atoms with Crippen LogP contribution in [0.3, 0.4) is 0 Å². The lowest BCUT2D eigenvalue weighted by atomic mass is 10.2. The maximum absolute atomic E-state index is 11.1. The summed E-state index contributed by atoms with van der Waals surface area (Å²) in [6.07, 6.45) is 0. The first-order chi connectivity index (χ1) is 7.77. The Bertz CT molecular complexity index is 480. The second kappa shape index (κ2) is 4.81. The van der Waals surface area contributed by atoms with E-state index < -0.39 is 5.91 Å². The molecule has 4 heteroatoms. The number of para-hydroxylation sites is 1. The van der Waals surface area contributed by atoms with Crippen LogP contribution >= 0.6 is 11.3 Å². The summed E-state index contributed by atoms with van der Waals surface area (Å²) >= 11 is 1.62. The van der Waals surface area contributed by atoms with Gasteiger partial charge in [0.15, 0.2) is 0 Å². The number of thiophene rings is 1. The van der Waals surface area contributed by atoms with E-state index in [-0.39, 0.29) is 0 Å². The highest BCUT2D eigenvalue weighted by Gasteiger charge is 2.08. The van der Waals surface area contributed by atoms with E-state index in [2.05, 4.69) is 0 Å². The lowest BCUT2D eigenvalue weighted by molar-refractivity contribution is 0.0996. The van der Waals surface area contributed by atoms with Crippen LogP contribution in [-0.4, -0.2) is 5.91 Å². The van der Waals surface area contributed by atoms with Crippen molar-refractivity contribution in [3.05, 3.63) is 52.2 Å². The Labute approximate surface area is 97.5 Å². The summed E-state index contributed by atoms with van der Waals surface area (Å²) in [6, 6.07) is 10.9. The molecule has 0 atom stereocenters. The lowest BCUT2D eigenvalue weighted by Gasteiger charge is -2.07. The van der Waals surface area contributed by atoms with Gasteiger partial charge in [0.25, 0.3) is 5.91 Å². The minimum Gasteiger partial charge on any atom is -0.487 e. The number of amides is 1. The van der Waals surface area contributed by atoms with E-state index in [4.69, 9.17) is 10.5 Å². The van der Waals surface area contributed by atoms with E-state index in [9.17, 15) is 4.79 Å². The van der Waals surface area contributed by atoms with Gasteiger partial charge in [0.1, 0.15) is 12.4 Å². The molecule has 1 heterocycles. The second-order valence-electron chi connectivity index (χ2n) is 3.23. The normalized spacial score (nSPS) is 10.0. The molecule has 0 aliphatic rings. The summed E-state index contributed by atoms with van der Waals surface area (Å²) < 4.78 is 5.55. The first-order valence-corrected chi connectivity index (χ1v) is 5.69. The number of benzene rings is 1. The van der Waals surface area contributed by atoms with Crippen LogP contribution in [0.15, 0.2) is 41.8 Å². The van der Waals surface area contributed by atoms with Crippen molar-refractivity contribution in [3.8, 4) is 5.75 Å². The molecule has 0 unspecified atom stereocenters. The van der Waals surface area contributed by atoms with E-state index in [0.29, 0.717) is 17.9 Å². The van der Waals surface area contributed by atoms with Gasteiger partial charge in [0, 0.05) is 4.88 Å². The van der Waals surface area contributed by atoms with Crippen LogP contribution < -0.4 is 10.5 Å². The number of hydrogen-bond donors (Lipinski definition) is 1. The molecule has 0 radical (unpaired) electrons. The molecule has 2 N–H and O–H groups in total. The monoisotopic (exact) mass is 233 g/mol. The van der Waals surface area contributed by atoms with Crippen molar-refractivity contribution >= 4 is 17.2 Å². The maximum Gasteiger partial charge on any atom is 0.252 e. The largest absolute Gasteiger partial charge is 0.487 e. The Hall–Kier alpha value is -1.81. The van der Waals surface area contributed by atoms with E-state index in [0.717, 1.165) is 4.88 Å². The minimum absolute atomic E-state index is 0.416. The van der Waals surface area contributed by atoms with Gasteiger partial charge in [0.05, 0.1) is 5.56 Å². The summed E-state index contributed by atoms with van der Waals surface area (Å²) in [4.78, 5) is 12.2. The average Bonchev–Trinajstić information content (AvgIpc) is 2.79. The Morgan fingerprint density at radius 2 is 2.06 bits per heavy atom. The van der Waals surface area contributed by atoms with Crippen LogP contribution in [0, 0.1) is 0 Å². The average molecular weight is 233 g/mol. The third-order valence-electron chi connectivity index (χ3n) is 2.10. The van der Waals surface area contributed by atoms with Crippen LogP contribution in [0.5, 0.6) is 5.75 Å². The molecule has 0 aliphatic carbocycles. The van der Waals surface area contributed by atoms with Crippen LogP contribution in [0.25, 0.3) is 0 Å². The summed E-state index contributed by atoms with van der Waals surface area (Å²) in [6.45, 7) is 0.460. The van der Waals surface area contributed by atoms with Crippen LogP contribution in [-0.2, 0) is 6.61 Å². The molecule has 0 spiro atoms. The van der Waals surface area contributed by atoms with Gasteiger partial charge in [-0.3, -0.25) is 4.79 Å². The quantitative estimate of drug-likeness (QED) is 0.881. The molecule has 16 heavy (non-hydrogen) atoms. The fourth-order valence-corrected chi connectivity index (χ4v) is 1.96. The third kappa shape index (κ3) is 2.41. The highest BCUT2D eigenvalue weighted by molar-refractivity contribution is 7.09. The third-order valence-corrected chi connectivity index (χ3v) is 2.95. The molecule has 2 rings (SSSR count). The molecular weight excluding hydrogens is 222 g/mol. The predicted molar refractivity (Wildman–Crippen MR) is 63.6 cm³/mol. The molecule has 1 amide bonds. The van der Waals surface area contributed by atoms with E-state index >= 15 is 0 Å². The van der Waals surface area contributed by atoms with Crippen molar-refractivity contribution in [2.75, 3.05) is 0 Å². The van der Waals surface area contributed by atoms with Gasteiger partial charge in [0.2, 0.25) is 0 Å². The zero-order chi connectivity index (χ0) is 11.4. The number of ether oxygens (including phenoxy) is 1. The molecule has 2 aromatic rings. The van der Waals surface area contributed by atoms with Gasteiger partial charge < -0.3 is 10.5 Å². The van der Waals surface area contributed by atoms with Crippen LogP contribution in [0.2, 0.25) is 0 Å². The summed E-state index contributed by atoms with van der Waals surface area (Å²) in [7, 11) is 0. The Kier molecular flexibility index (Phi) is 3.22. The predicted octanol–water partition coefficient (Wildman–Crippen LogP) is 2.43. The van der Waals surface area contributed by atoms with Gasteiger partial charge >= 0.3 is 0 Å². The highest BCUT2D eigenvalue weighted by atomic mass is 32.1. The Morgan fingerprint density at radius 1 is 1.25 bits per heavy atom. The molecule has 1 aromatic carbocycles. The summed E-state index contributed by atoms with van der Waals surface area (Å²) in [5.41, 5.74) is 5.66. The molecular formula is C12H11NO2S. The van der Waals surface area contributed by atoms with Crippen molar-refractivity contribution in [2.24, 2.45) is 5.73 Å². The maximum atomic E-state index is 11.1. The molecule has 82 valence electrons. The van der Waals surface area contributed by atoms with Crippen molar-refractivity contribution in [1.82, 2.24) is 0 Å². The van der Waals surface area contributed by atoms with Gasteiger partial charge in [-0.15, -0.1) is 11.3 Å². The number of primary amides is 1. The van der Waals surface area contributed by atoms with Gasteiger partial charge in [-0.2, -0.15) is 0 Å². The highest BCUT2D eigenvalue weighted by Crippen LogP contribution is 2.19. The van der Waals surface area contributed by atoms with Crippen LogP contribution in [0.4, 0.5) is 0 Å². The number of rotatable bonds is 4. The second-order valence-corrected chi connectivity index (χ2v) is 4.26. The first kappa shape index (κ1) is 10.7. The molecule has 0 bridgehead atoms. The van der Waals surface area contributed by atoms with Crippen LogP contribution in [0.1, 0.15) is 15.2 Å². The standard InChI is InChI=1S/C12H11NO2S/c13-12(14)10-5-1-2-6-11(10)15-8-9-4-3-7-16-9/h1-7H,8H2,(H2,13,14). The first-order valence-electron chi connectivity index (χ1n) is 4.81. The molecule has 1 aromatic heterocycles. The minimum atomic E-state index is -0.471. The number of hydrogen-bond acceptors (Lipinski definition) is 3. The Balaban J connectivity index is 2.12. The number of carbonyl (C=O) groups is 1. The fraction of sp³-hybridized carbons (Fsp3) is 0.0833. The molecule has 0 fully saturated rings. The van der Waals surface area contributed by atoms with E-state index in [1.165, 1.54) is 0 Å². The van der Waals surface area contributed by atoms with Crippen molar-refractivity contribution in [2.45, 2.75) is 6.61 Å². The molecule has 0 saturated heterocycles. The van der Waals surface area contributed by atoms with Crippen molar-refractivity contribution < 1.29 is 9.53 Å². The molecule has 0 saturated carbocycles. The molecule has 0 aliphatic heterocycles. The van der Waals surface area contributed by atoms with E-state index in [1.54, 1.807) is 29.5 Å². The lowest BCUT2D eigenvalue weighted by Crippen LogP contribution is -2.12. The van der Waals surface area contributed by atoms with Gasteiger partial charge in [-0.1, -0.05) is 18.2 Å². The van der Waals surface area contributed by atoms with Gasteiger partial charge in [-0.25, -0.2) is 0 Å². The summed E-state index contributed by atoms with van der Waals surface area (Å²) in [5.74, 6) is 0.0604. The van der Waals surface area contributed by atoms with Gasteiger partial charge in [-0.05, 0) is 23.6 Å². The number of nitrogens with two attached hydrogens (primary N) is 1. The number of carbonyl (C=O) groups excluding carboxylic acids is 1. The van der Waals surface area contributed by atoms with E-state index in [1.807, 2.05) is 23.6 Å².